The number of esters is 1. The van der Waals surface area contributed by atoms with Crippen LogP contribution in [0.15, 0.2) is 78.9 Å². The number of halogens is 1. The Kier molecular flexibility index (Phi) is 6.75. The lowest BCUT2D eigenvalue weighted by molar-refractivity contribution is -0.111. The Morgan fingerprint density at radius 1 is 0.933 bits per heavy atom. The minimum atomic E-state index is -0.424. The van der Waals surface area contributed by atoms with Gasteiger partial charge in [0.15, 0.2) is 0 Å². The summed E-state index contributed by atoms with van der Waals surface area (Å²) in [6.07, 6.45) is 2.69. The Morgan fingerprint density at radius 2 is 1.63 bits per heavy atom. The first-order valence-electron chi connectivity index (χ1n) is 9.09. The second-order valence-electron chi connectivity index (χ2n) is 6.25. The number of hydrogen-bond donors (Lipinski definition) is 1. The number of amides is 1. The van der Waals surface area contributed by atoms with Crippen LogP contribution in [0.2, 0.25) is 0 Å². The molecule has 4 nitrogen and oxygen atoms in total. The third-order valence-corrected chi connectivity index (χ3v) is 4.08. The lowest BCUT2D eigenvalue weighted by Gasteiger charge is -2.03. The van der Waals surface area contributed by atoms with Crippen molar-refractivity contribution in [2.45, 2.75) is 0 Å². The van der Waals surface area contributed by atoms with E-state index in [1.54, 1.807) is 60.7 Å². The smallest absolute Gasteiger partial charge is 0.337 e. The molecule has 3 rings (SSSR count). The van der Waals surface area contributed by atoms with Crippen LogP contribution < -0.4 is 5.32 Å². The largest absolute Gasteiger partial charge is 0.465 e. The van der Waals surface area contributed by atoms with Gasteiger partial charge in [-0.25, -0.2) is 9.18 Å². The van der Waals surface area contributed by atoms with E-state index >= 15 is 0 Å². The molecule has 0 heterocycles. The fourth-order valence-corrected chi connectivity index (χ4v) is 2.62. The first kappa shape index (κ1) is 20.6. The zero-order valence-electron chi connectivity index (χ0n) is 16.2. The number of carbonyl (C=O) groups excluding carboxylic acids is 2. The van der Waals surface area contributed by atoms with Gasteiger partial charge < -0.3 is 10.1 Å². The van der Waals surface area contributed by atoms with E-state index in [2.05, 4.69) is 17.2 Å². The Labute approximate surface area is 174 Å². The maximum Gasteiger partial charge on any atom is 0.337 e. The van der Waals surface area contributed by atoms with Crippen LogP contribution in [0.1, 0.15) is 27.0 Å². The van der Waals surface area contributed by atoms with Crippen molar-refractivity contribution in [1.82, 2.24) is 0 Å². The molecular formula is C25H18FNO3. The lowest BCUT2D eigenvalue weighted by atomic mass is 10.1. The van der Waals surface area contributed by atoms with Crippen molar-refractivity contribution in [2.24, 2.45) is 0 Å². The predicted octanol–water partition coefficient (Wildman–Crippen LogP) is 4.66. The number of anilines is 1. The molecule has 0 aromatic heterocycles. The molecule has 1 N–H and O–H groups in total. The molecular weight excluding hydrogens is 381 g/mol. The summed E-state index contributed by atoms with van der Waals surface area (Å²) in [6.45, 7) is 0. The van der Waals surface area contributed by atoms with Gasteiger partial charge in [0.05, 0.1) is 12.7 Å². The van der Waals surface area contributed by atoms with Crippen molar-refractivity contribution in [3.05, 3.63) is 107 Å². The zero-order valence-corrected chi connectivity index (χ0v) is 16.2. The lowest BCUT2D eigenvalue weighted by Crippen LogP contribution is -2.07. The van der Waals surface area contributed by atoms with Gasteiger partial charge in [0.1, 0.15) is 5.82 Å². The molecule has 0 spiro atoms. The first-order valence-corrected chi connectivity index (χ1v) is 9.09. The van der Waals surface area contributed by atoms with E-state index in [-0.39, 0.29) is 5.91 Å². The summed E-state index contributed by atoms with van der Waals surface area (Å²) < 4.78 is 18.3. The van der Waals surface area contributed by atoms with Crippen LogP contribution in [0.5, 0.6) is 0 Å². The van der Waals surface area contributed by atoms with Crippen molar-refractivity contribution < 1.29 is 18.7 Å². The predicted molar refractivity (Wildman–Crippen MR) is 114 cm³/mol. The summed E-state index contributed by atoms with van der Waals surface area (Å²) in [7, 11) is 1.33. The third kappa shape index (κ3) is 5.66. The van der Waals surface area contributed by atoms with Crippen LogP contribution in [0, 0.1) is 17.7 Å². The molecule has 0 saturated carbocycles. The Balaban J connectivity index is 1.70. The van der Waals surface area contributed by atoms with Gasteiger partial charge >= 0.3 is 5.97 Å². The van der Waals surface area contributed by atoms with E-state index in [0.29, 0.717) is 27.9 Å². The molecule has 1 amide bonds. The van der Waals surface area contributed by atoms with Crippen LogP contribution >= 0.6 is 0 Å². The average Bonchev–Trinajstić information content (AvgIpc) is 2.77. The monoisotopic (exact) mass is 399 g/mol. The van der Waals surface area contributed by atoms with Crippen molar-refractivity contribution in [2.75, 3.05) is 12.4 Å². The van der Waals surface area contributed by atoms with Gasteiger partial charge in [0, 0.05) is 28.5 Å². The van der Waals surface area contributed by atoms with Gasteiger partial charge in [-0.1, -0.05) is 42.2 Å². The molecule has 0 atom stereocenters. The van der Waals surface area contributed by atoms with E-state index in [1.807, 2.05) is 6.07 Å². The number of hydrogen-bond acceptors (Lipinski definition) is 3. The van der Waals surface area contributed by atoms with E-state index in [1.165, 1.54) is 25.3 Å². The number of ether oxygens (including phenoxy) is 1. The van der Waals surface area contributed by atoms with Gasteiger partial charge in [-0.3, -0.25) is 4.79 Å². The molecule has 0 unspecified atom stereocenters. The summed E-state index contributed by atoms with van der Waals surface area (Å²) >= 11 is 0. The second kappa shape index (κ2) is 9.85. The quantitative estimate of drug-likeness (QED) is 0.394. The second-order valence-corrected chi connectivity index (χ2v) is 6.25. The summed E-state index contributed by atoms with van der Waals surface area (Å²) in [5, 5.41) is 2.72. The minimum Gasteiger partial charge on any atom is -0.465 e. The molecule has 0 radical (unpaired) electrons. The van der Waals surface area contributed by atoms with E-state index in [0.717, 1.165) is 0 Å². The van der Waals surface area contributed by atoms with E-state index in [4.69, 9.17) is 4.74 Å². The fourth-order valence-electron chi connectivity index (χ4n) is 2.62. The van der Waals surface area contributed by atoms with Gasteiger partial charge in [0.2, 0.25) is 5.91 Å². The van der Waals surface area contributed by atoms with Crippen LogP contribution in [0.4, 0.5) is 10.1 Å². The molecule has 148 valence electrons. The normalized spacial score (nSPS) is 10.2. The standard InChI is InChI=1S/C25H18FNO3/c1-30-25(29)21-9-4-6-18(16-21)12-13-19-7-5-10-22(17-19)27-24(28)15-14-20-8-2-3-11-23(20)26/h2-11,14-17H,1H3,(H,27,28)/b15-14+. The Bertz CT molecular complexity index is 1170. The summed E-state index contributed by atoms with van der Waals surface area (Å²) in [4.78, 5) is 23.7. The number of methoxy groups -OCH3 is 1. The molecule has 0 aliphatic carbocycles. The highest BCUT2D eigenvalue weighted by Gasteiger charge is 2.04. The van der Waals surface area contributed by atoms with Gasteiger partial charge in [-0.15, -0.1) is 0 Å². The van der Waals surface area contributed by atoms with Crippen LogP contribution in [0.25, 0.3) is 6.08 Å². The molecule has 0 aliphatic heterocycles. The maximum atomic E-state index is 13.6. The molecule has 3 aromatic carbocycles. The van der Waals surface area contributed by atoms with Gasteiger partial charge in [-0.2, -0.15) is 0 Å². The highest BCUT2D eigenvalue weighted by atomic mass is 19.1. The Morgan fingerprint density at radius 3 is 2.37 bits per heavy atom. The molecule has 0 fully saturated rings. The molecule has 3 aromatic rings. The molecule has 5 heteroatoms. The number of carbonyl (C=O) groups is 2. The first-order chi connectivity index (χ1) is 14.5. The van der Waals surface area contributed by atoms with E-state index < -0.39 is 11.8 Å². The summed E-state index contributed by atoms with van der Waals surface area (Å²) in [6, 6.07) is 20.1. The van der Waals surface area contributed by atoms with Crippen molar-refractivity contribution in [3.8, 4) is 11.8 Å². The number of benzene rings is 3. The molecule has 30 heavy (non-hydrogen) atoms. The van der Waals surface area contributed by atoms with Crippen LogP contribution in [-0.2, 0) is 9.53 Å². The number of rotatable bonds is 4. The van der Waals surface area contributed by atoms with E-state index in [9.17, 15) is 14.0 Å². The highest BCUT2D eigenvalue weighted by Crippen LogP contribution is 2.12. The molecule has 0 aliphatic rings. The molecule has 0 saturated heterocycles. The van der Waals surface area contributed by atoms with Crippen molar-refractivity contribution in [3.63, 3.8) is 0 Å². The third-order valence-electron chi connectivity index (χ3n) is 4.08. The minimum absolute atomic E-state index is 0.335. The summed E-state index contributed by atoms with van der Waals surface area (Å²) in [5.74, 6) is 4.79. The van der Waals surface area contributed by atoms with Crippen LogP contribution in [0.3, 0.4) is 0 Å². The highest BCUT2D eigenvalue weighted by molar-refractivity contribution is 6.02. The van der Waals surface area contributed by atoms with Gasteiger partial charge in [-0.05, 0) is 48.5 Å². The number of nitrogens with one attached hydrogen (secondary N) is 1. The fraction of sp³-hybridized carbons (Fsp3) is 0.0400. The van der Waals surface area contributed by atoms with Crippen molar-refractivity contribution >= 4 is 23.6 Å². The summed E-state index contributed by atoms with van der Waals surface area (Å²) in [5.41, 5.74) is 2.68. The maximum absolute atomic E-state index is 13.6. The Hall–Kier alpha value is -4.17. The van der Waals surface area contributed by atoms with Crippen LogP contribution in [-0.4, -0.2) is 19.0 Å². The SMILES string of the molecule is COC(=O)c1cccc(C#Cc2cccc(NC(=O)/C=C/c3ccccc3F)c2)c1. The van der Waals surface area contributed by atoms with Crippen molar-refractivity contribution in [1.29, 1.82) is 0 Å². The van der Waals surface area contributed by atoms with Gasteiger partial charge in [0.25, 0.3) is 0 Å². The molecule has 0 bridgehead atoms. The zero-order chi connectivity index (χ0) is 21.3. The average molecular weight is 399 g/mol. The topological polar surface area (TPSA) is 55.4 Å².